The van der Waals surface area contributed by atoms with E-state index in [0.29, 0.717) is 30.9 Å². The fourth-order valence-electron chi connectivity index (χ4n) is 3.66. The monoisotopic (exact) mass is 432 g/mol. The van der Waals surface area contributed by atoms with E-state index in [1.54, 1.807) is 21.1 Å². The molecule has 0 saturated carbocycles. The van der Waals surface area contributed by atoms with Gasteiger partial charge >= 0.3 is 0 Å². The van der Waals surface area contributed by atoms with E-state index in [1.165, 1.54) is 4.31 Å². The van der Waals surface area contributed by atoms with Crippen LogP contribution in [0.15, 0.2) is 42.5 Å². The van der Waals surface area contributed by atoms with Crippen LogP contribution >= 0.6 is 0 Å². The van der Waals surface area contributed by atoms with E-state index in [4.69, 9.17) is 9.47 Å². The van der Waals surface area contributed by atoms with Gasteiger partial charge in [0, 0.05) is 13.1 Å². The topological polar surface area (TPSA) is 84.9 Å². The summed E-state index contributed by atoms with van der Waals surface area (Å²) in [5.41, 5.74) is 2.95. The molecular formula is C22H28N2O5S. The summed E-state index contributed by atoms with van der Waals surface area (Å²) in [6.45, 7) is 2.22. The summed E-state index contributed by atoms with van der Waals surface area (Å²) in [6.07, 6.45) is 0.966. The average molecular weight is 433 g/mol. The summed E-state index contributed by atoms with van der Waals surface area (Å²) in [6, 6.07) is 12.5. The number of benzene rings is 2. The first-order valence-electron chi connectivity index (χ1n) is 9.94. The van der Waals surface area contributed by atoms with Crippen LogP contribution < -0.4 is 14.8 Å². The molecule has 1 heterocycles. The maximum absolute atomic E-state index is 12.9. The third kappa shape index (κ3) is 4.76. The minimum Gasteiger partial charge on any atom is -0.493 e. The van der Waals surface area contributed by atoms with Gasteiger partial charge in [0.25, 0.3) is 0 Å². The van der Waals surface area contributed by atoms with Crippen LogP contribution in [0.2, 0.25) is 0 Å². The van der Waals surface area contributed by atoms with Crippen molar-refractivity contribution in [1.29, 1.82) is 0 Å². The van der Waals surface area contributed by atoms with Gasteiger partial charge in [0.1, 0.15) is 6.04 Å². The summed E-state index contributed by atoms with van der Waals surface area (Å²) < 4.78 is 37.1. The highest BCUT2D eigenvalue weighted by molar-refractivity contribution is 7.89. The van der Waals surface area contributed by atoms with Gasteiger partial charge in [0.05, 0.1) is 20.0 Å². The second-order valence-electron chi connectivity index (χ2n) is 7.16. The molecule has 3 rings (SSSR count). The molecule has 0 fully saturated rings. The van der Waals surface area contributed by atoms with Crippen LogP contribution in [0.25, 0.3) is 0 Å². The highest BCUT2D eigenvalue weighted by Crippen LogP contribution is 2.28. The van der Waals surface area contributed by atoms with Crippen LogP contribution in [0.4, 0.5) is 0 Å². The molecular weight excluding hydrogens is 404 g/mol. The number of carbonyl (C=O) groups excluding carboxylic acids is 1. The molecule has 0 radical (unpaired) electrons. The molecule has 0 aliphatic carbocycles. The molecule has 0 aromatic heterocycles. The zero-order chi connectivity index (χ0) is 21.7. The smallest absolute Gasteiger partial charge is 0.238 e. The molecule has 1 aliphatic heterocycles. The van der Waals surface area contributed by atoms with Crippen LogP contribution in [0.1, 0.15) is 23.6 Å². The molecule has 2 aromatic rings. The molecule has 1 amide bonds. The number of carbonyl (C=O) groups is 1. The largest absolute Gasteiger partial charge is 0.493 e. The quantitative estimate of drug-likeness (QED) is 0.691. The normalized spacial score (nSPS) is 16.6. The zero-order valence-electron chi connectivity index (χ0n) is 17.6. The van der Waals surface area contributed by atoms with Crippen molar-refractivity contribution in [2.75, 3.05) is 26.5 Å². The van der Waals surface area contributed by atoms with Gasteiger partial charge in [-0.1, -0.05) is 30.3 Å². The lowest BCUT2D eigenvalue weighted by Gasteiger charge is -2.34. The Kier molecular flexibility index (Phi) is 6.99. The van der Waals surface area contributed by atoms with E-state index in [2.05, 4.69) is 5.32 Å². The second kappa shape index (κ2) is 9.49. The minimum absolute atomic E-state index is 0.0371. The minimum atomic E-state index is -3.51. The number of fused-ring (bicyclic) bond motifs is 1. The maximum Gasteiger partial charge on any atom is 0.238 e. The van der Waals surface area contributed by atoms with Gasteiger partial charge in [-0.2, -0.15) is 4.31 Å². The average Bonchev–Trinajstić information content (AvgIpc) is 2.77. The summed E-state index contributed by atoms with van der Waals surface area (Å²) >= 11 is 0. The number of methoxy groups -OCH3 is 2. The van der Waals surface area contributed by atoms with Crippen molar-refractivity contribution in [3.63, 3.8) is 0 Å². The van der Waals surface area contributed by atoms with Gasteiger partial charge < -0.3 is 14.8 Å². The summed E-state index contributed by atoms with van der Waals surface area (Å²) in [4.78, 5) is 12.9. The van der Waals surface area contributed by atoms with Gasteiger partial charge in [0.2, 0.25) is 15.9 Å². The van der Waals surface area contributed by atoms with Crippen molar-refractivity contribution in [2.24, 2.45) is 0 Å². The lowest BCUT2D eigenvalue weighted by Crippen LogP contribution is -2.53. The molecule has 1 aliphatic rings. The van der Waals surface area contributed by atoms with Gasteiger partial charge in [0.15, 0.2) is 11.5 Å². The number of amides is 1. The highest BCUT2D eigenvalue weighted by Gasteiger charge is 2.37. The Bertz CT molecular complexity index is 1010. The Morgan fingerprint density at radius 3 is 2.47 bits per heavy atom. The number of sulfonamides is 1. The van der Waals surface area contributed by atoms with E-state index in [9.17, 15) is 13.2 Å². The molecule has 8 heteroatoms. The fraction of sp³-hybridized carbons (Fsp3) is 0.409. The Morgan fingerprint density at radius 2 is 1.80 bits per heavy atom. The molecule has 1 N–H and O–H groups in total. The molecule has 2 aromatic carbocycles. The van der Waals surface area contributed by atoms with Crippen molar-refractivity contribution in [3.8, 4) is 11.5 Å². The third-order valence-electron chi connectivity index (χ3n) is 5.39. The van der Waals surface area contributed by atoms with Crippen molar-refractivity contribution in [3.05, 3.63) is 59.2 Å². The first kappa shape index (κ1) is 22.1. The van der Waals surface area contributed by atoms with E-state index >= 15 is 0 Å². The van der Waals surface area contributed by atoms with Crippen molar-refractivity contribution in [1.82, 2.24) is 9.62 Å². The number of hydrogen-bond acceptors (Lipinski definition) is 5. The van der Waals surface area contributed by atoms with Crippen molar-refractivity contribution < 1.29 is 22.7 Å². The molecule has 7 nitrogen and oxygen atoms in total. The van der Waals surface area contributed by atoms with E-state index in [0.717, 1.165) is 16.7 Å². The van der Waals surface area contributed by atoms with Gasteiger partial charge in [-0.3, -0.25) is 4.79 Å². The molecule has 0 bridgehead atoms. The van der Waals surface area contributed by atoms with Gasteiger partial charge in [-0.05, 0) is 48.6 Å². The maximum atomic E-state index is 12.9. The number of hydrogen-bond donors (Lipinski definition) is 1. The van der Waals surface area contributed by atoms with Crippen LogP contribution in [0, 0.1) is 0 Å². The lowest BCUT2D eigenvalue weighted by molar-refractivity contribution is -0.125. The fourth-order valence-corrected chi connectivity index (χ4v) is 4.89. The van der Waals surface area contributed by atoms with Crippen molar-refractivity contribution in [2.45, 2.75) is 32.4 Å². The van der Waals surface area contributed by atoms with Crippen molar-refractivity contribution >= 4 is 15.9 Å². The number of ether oxygens (including phenoxy) is 2. The molecule has 0 saturated heterocycles. The Morgan fingerprint density at radius 1 is 1.10 bits per heavy atom. The van der Waals surface area contributed by atoms with E-state index < -0.39 is 16.1 Å². The van der Waals surface area contributed by atoms with Crippen LogP contribution in [0.5, 0.6) is 11.5 Å². The first-order valence-corrected chi connectivity index (χ1v) is 11.6. The Hall–Kier alpha value is -2.58. The summed E-state index contributed by atoms with van der Waals surface area (Å²) in [7, 11) is -0.354. The second-order valence-corrected chi connectivity index (χ2v) is 9.37. The van der Waals surface area contributed by atoms with Crippen LogP contribution in [-0.2, 0) is 34.2 Å². The summed E-state index contributed by atoms with van der Waals surface area (Å²) in [5, 5.41) is 2.91. The number of rotatable bonds is 8. The standard InChI is InChI=1S/C22H28N2O5S/c1-4-30(26,27)24-15-18-8-6-5-7-17(18)14-19(24)22(25)23-12-11-16-9-10-20(28-2)21(13-16)29-3/h5-10,13,19H,4,11-12,14-15H2,1-3H3,(H,23,25)/t19-/m1/s1. The van der Waals surface area contributed by atoms with E-state index in [-0.39, 0.29) is 18.2 Å². The lowest BCUT2D eigenvalue weighted by atomic mass is 9.95. The predicted molar refractivity (Wildman–Crippen MR) is 115 cm³/mol. The Labute approximate surface area is 178 Å². The molecule has 30 heavy (non-hydrogen) atoms. The SMILES string of the molecule is CCS(=O)(=O)N1Cc2ccccc2C[C@@H]1C(=O)NCCc1ccc(OC)c(OC)c1. The first-order chi connectivity index (χ1) is 14.4. The van der Waals surface area contributed by atoms with Gasteiger partial charge in [-0.15, -0.1) is 0 Å². The zero-order valence-corrected chi connectivity index (χ0v) is 18.4. The molecule has 0 unspecified atom stereocenters. The summed E-state index contributed by atoms with van der Waals surface area (Å²) in [5.74, 6) is 0.962. The third-order valence-corrected chi connectivity index (χ3v) is 7.22. The van der Waals surface area contributed by atoms with Gasteiger partial charge in [-0.25, -0.2) is 8.42 Å². The predicted octanol–water partition coefficient (Wildman–Crippen LogP) is 2.14. The van der Waals surface area contributed by atoms with E-state index in [1.807, 2.05) is 42.5 Å². The molecule has 0 spiro atoms. The molecule has 162 valence electrons. The Balaban J connectivity index is 1.70. The number of nitrogens with zero attached hydrogens (tertiary/aromatic N) is 1. The molecule has 1 atom stereocenters. The van der Waals surface area contributed by atoms with Crippen LogP contribution in [0.3, 0.4) is 0 Å². The highest BCUT2D eigenvalue weighted by atomic mass is 32.2. The van der Waals surface area contributed by atoms with Crippen LogP contribution in [-0.4, -0.2) is 51.2 Å². The number of nitrogens with one attached hydrogen (secondary N) is 1.